The Balaban J connectivity index is 2.22. The van der Waals surface area contributed by atoms with Crippen LogP contribution in [-0.2, 0) is 0 Å². The van der Waals surface area contributed by atoms with Gasteiger partial charge in [0.2, 0.25) is 0 Å². The van der Waals surface area contributed by atoms with Crippen LogP contribution in [0.3, 0.4) is 0 Å². The molecule has 6 heteroatoms. The average molecular weight is 289 g/mol. The highest BCUT2D eigenvalue weighted by Crippen LogP contribution is 2.35. The highest BCUT2D eigenvalue weighted by atomic mass is 19.4. The number of hydrogen-bond donors (Lipinski definition) is 1. The SMILES string of the molecule is COc1cc(OC)cc(C2CCCC(C(F)(F)F)N2)c1. The van der Waals surface area contributed by atoms with E-state index in [0.29, 0.717) is 24.3 Å². The first-order valence-corrected chi connectivity index (χ1v) is 6.49. The van der Waals surface area contributed by atoms with E-state index in [1.807, 2.05) is 0 Å². The van der Waals surface area contributed by atoms with Crippen molar-refractivity contribution in [3.63, 3.8) is 0 Å². The zero-order valence-corrected chi connectivity index (χ0v) is 11.5. The van der Waals surface area contributed by atoms with Gasteiger partial charge >= 0.3 is 6.18 Å². The van der Waals surface area contributed by atoms with E-state index in [2.05, 4.69) is 5.32 Å². The van der Waals surface area contributed by atoms with Crippen LogP contribution in [0.2, 0.25) is 0 Å². The summed E-state index contributed by atoms with van der Waals surface area (Å²) in [5, 5.41) is 2.68. The van der Waals surface area contributed by atoms with Gasteiger partial charge in [0.1, 0.15) is 17.5 Å². The molecule has 0 spiro atoms. The maximum Gasteiger partial charge on any atom is 0.403 e. The summed E-state index contributed by atoms with van der Waals surface area (Å²) < 4.78 is 48.7. The van der Waals surface area contributed by atoms with Crippen LogP contribution in [0.4, 0.5) is 13.2 Å². The van der Waals surface area contributed by atoms with Crippen LogP contribution >= 0.6 is 0 Å². The second kappa shape index (κ2) is 5.91. The molecule has 1 N–H and O–H groups in total. The molecule has 0 bridgehead atoms. The maximum atomic E-state index is 12.8. The standard InChI is InChI=1S/C14H18F3NO2/c1-19-10-6-9(7-11(8-10)20-2)12-4-3-5-13(18-12)14(15,16)17/h6-8,12-13,18H,3-5H2,1-2H3. The van der Waals surface area contributed by atoms with Crippen molar-refractivity contribution in [3.05, 3.63) is 23.8 Å². The first-order chi connectivity index (χ1) is 9.44. The van der Waals surface area contributed by atoms with Crippen molar-refractivity contribution in [1.29, 1.82) is 0 Å². The van der Waals surface area contributed by atoms with E-state index in [4.69, 9.17) is 9.47 Å². The third-order valence-corrected chi connectivity index (χ3v) is 3.56. The van der Waals surface area contributed by atoms with E-state index < -0.39 is 12.2 Å². The van der Waals surface area contributed by atoms with Crippen molar-refractivity contribution in [2.75, 3.05) is 14.2 Å². The topological polar surface area (TPSA) is 30.5 Å². The maximum absolute atomic E-state index is 12.8. The summed E-state index contributed by atoms with van der Waals surface area (Å²) in [7, 11) is 3.04. The molecule has 20 heavy (non-hydrogen) atoms. The molecule has 1 saturated heterocycles. The summed E-state index contributed by atoms with van der Waals surface area (Å²) in [6.07, 6.45) is -2.87. The highest BCUT2D eigenvalue weighted by molar-refractivity contribution is 5.40. The van der Waals surface area contributed by atoms with Gasteiger partial charge in [0.25, 0.3) is 0 Å². The number of halogens is 3. The Morgan fingerprint density at radius 2 is 1.65 bits per heavy atom. The Morgan fingerprint density at radius 3 is 2.15 bits per heavy atom. The minimum Gasteiger partial charge on any atom is -0.497 e. The van der Waals surface area contributed by atoms with Crippen LogP contribution in [0.5, 0.6) is 11.5 Å². The zero-order chi connectivity index (χ0) is 14.8. The van der Waals surface area contributed by atoms with Gasteiger partial charge in [-0.05, 0) is 37.0 Å². The minimum absolute atomic E-state index is 0.126. The first kappa shape index (κ1) is 15.0. The van der Waals surface area contributed by atoms with Crippen LogP contribution in [0.15, 0.2) is 18.2 Å². The molecule has 2 atom stereocenters. The normalized spacial score (nSPS) is 23.4. The van der Waals surface area contributed by atoms with Crippen molar-refractivity contribution in [3.8, 4) is 11.5 Å². The van der Waals surface area contributed by atoms with E-state index in [-0.39, 0.29) is 12.5 Å². The van der Waals surface area contributed by atoms with Gasteiger partial charge in [0.05, 0.1) is 14.2 Å². The summed E-state index contributed by atoms with van der Waals surface area (Å²) in [6, 6.07) is 3.42. The number of ether oxygens (including phenoxy) is 2. The first-order valence-electron chi connectivity index (χ1n) is 6.49. The number of piperidine rings is 1. The Morgan fingerprint density at radius 1 is 1.05 bits per heavy atom. The fourth-order valence-electron chi connectivity index (χ4n) is 2.49. The van der Waals surface area contributed by atoms with Gasteiger partial charge in [-0.25, -0.2) is 0 Å². The van der Waals surface area contributed by atoms with Gasteiger partial charge in [-0.1, -0.05) is 0 Å². The molecule has 0 amide bonds. The lowest BCUT2D eigenvalue weighted by Crippen LogP contribution is -2.46. The molecule has 1 aliphatic heterocycles. The molecule has 0 aliphatic carbocycles. The van der Waals surface area contributed by atoms with Crippen LogP contribution in [0.1, 0.15) is 30.9 Å². The molecule has 0 aromatic heterocycles. The van der Waals surface area contributed by atoms with Crippen LogP contribution in [-0.4, -0.2) is 26.4 Å². The quantitative estimate of drug-likeness (QED) is 0.924. The van der Waals surface area contributed by atoms with Crippen molar-refractivity contribution in [2.24, 2.45) is 0 Å². The van der Waals surface area contributed by atoms with E-state index in [9.17, 15) is 13.2 Å². The van der Waals surface area contributed by atoms with E-state index in [0.717, 1.165) is 5.56 Å². The molecule has 1 heterocycles. The summed E-state index contributed by atoms with van der Waals surface area (Å²) >= 11 is 0. The summed E-state index contributed by atoms with van der Waals surface area (Å²) in [4.78, 5) is 0. The Kier molecular flexibility index (Phi) is 4.42. The molecule has 112 valence electrons. The number of methoxy groups -OCH3 is 2. The third-order valence-electron chi connectivity index (χ3n) is 3.56. The third kappa shape index (κ3) is 3.36. The number of rotatable bonds is 3. The number of hydrogen-bond acceptors (Lipinski definition) is 3. The van der Waals surface area contributed by atoms with Gasteiger partial charge in [-0.2, -0.15) is 13.2 Å². The van der Waals surface area contributed by atoms with E-state index in [1.165, 1.54) is 14.2 Å². The van der Waals surface area contributed by atoms with Crippen molar-refractivity contribution >= 4 is 0 Å². The van der Waals surface area contributed by atoms with Crippen molar-refractivity contribution in [2.45, 2.75) is 37.5 Å². The minimum atomic E-state index is -4.21. The molecule has 2 unspecified atom stereocenters. The Labute approximate surface area is 116 Å². The van der Waals surface area contributed by atoms with Gasteiger partial charge in [-0.3, -0.25) is 5.32 Å². The summed E-state index contributed by atoms with van der Waals surface area (Å²) in [5.74, 6) is 1.16. The van der Waals surface area contributed by atoms with Gasteiger partial charge in [0.15, 0.2) is 0 Å². The Bertz CT molecular complexity index is 440. The number of nitrogens with one attached hydrogen (secondary N) is 1. The number of alkyl halides is 3. The molecule has 0 radical (unpaired) electrons. The molecule has 1 fully saturated rings. The summed E-state index contributed by atoms with van der Waals surface area (Å²) in [5.41, 5.74) is 0.759. The smallest absolute Gasteiger partial charge is 0.403 e. The van der Waals surface area contributed by atoms with Gasteiger partial charge in [0, 0.05) is 12.1 Å². The highest BCUT2D eigenvalue weighted by Gasteiger charge is 2.42. The van der Waals surface area contributed by atoms with Crippen LogP contribution in [0.25, 0.3) is 0 Å². The average Bonchev–Trinajstić information content (AvgIpc) is 2.46. The largest absolute Gasteiger partial charge is 0.497 e. The predicted molar refractivity (Wildman–Crippen MR) is 69.1 cm³/mol. The fraction of sp³-hybridized carbons (Fsp3) is 0.571. The molecular weight excluding hydrogens is 271 g/mol. The summed E-state index contributed by atoms with van der Waals surface area (Å²) in [6.45, 7) is 0. The molecule has 0 saturated carbocycles. The van der Waals surface area contributed by atoms with Crippen LogP contribution < -0.4 is 14.8 Å². The van der Waals surface area contributed by atoms with E-state index >= 15 is 0 Å². The van der Waals surface area contributed by atoms with Gasteiger partial charge in [-0.15, -0.1) is 0 Å². The molecule has 1 aromatic rings. The Hall–Kier alpha value is -1.43. The lowest BCUT2D eigenvalue weighted by Gasteiger charge is -2.32. The second-order valence-electron chi connectivity index (χ2n) is 4.89. The van der Waals surface area contributed by atoms with E-state index in [1.54, 1.807) is 18.2 Å². The lowest BCUT2D eigenvalue weighted by atomic mass is 9.93. The van der Waals surface area contributed by atoms with Crippen LogP contribution in [0, 0.1) is 0 Å². The lowest BCUT2D eigenvalue weighted by molar-refractivity contribution is -0.163. The molecular formula is C14H18F3NO2. The second-order valence-corrected chi connectivity index (χ2v) is 4.89. The van der Waals surface area contributed by atoms with Gasteiger partial charge < -0.3 is 9.47 Å². The molecule has 1 aliphatic rings. The van der Waals surface area contributed by atoms with Crippen molar-refractivity contribution < 1.29 is 22.6 Å². The molecule has 3 nitrogen and oxygen atoms in total. The number of benzene rings is 1. The fourth-order valence-corrected chi connectivity index (χ4v) is 2.49. The van der Waals surface area contributed by atoms with Crippen molar-refractivity contribution in [1.82, 2.24) is 5.32 Å². The molecule has 2 rings (SSSR count). The molecule has 1 aromatic carbocycles. The zero-order valence-electron chi connectivity index (χ0n) is 11.5. The monoisotopic (exact) mass is 289 g/mol. The predicted octanol–water partition coefficient (Wildman–Crippen LogP) is 3.45.